The van der Waals surface area contributed by atoms with Gasteiger partial charge in [0.15, 0.2) is 11.5 Å². The standard InChI is InChI=1S/C17H20N2O2/c1-20-16-4-2-3-5-17(16)21-11-10-19-9-8-13-12-14(18)6-7-15(13)19/h2-7,12H,8-11,18H2,1H3. The molecule has 0 aromatic heterocycles. The highest BCUT2D eigenvalue weighted by atomic mass is 16.5. The third kappa shape index (κ3) is 2.89. The molecule has 0 saturated heterocycles. The SMILES string of the molecule is COc1ccccc1OCCN1CCc2cc(N)ccc21. The Morgan fingerprint density at radius 1 is 1.14 bits per heavy atom. The van der Waals surface area contributed by atoms with Crippen molar-refractivity contribution in [2.75, 3.05) is 37.4 Å². The molecule has 4 nitrogen and oxygen atoms in total. The van der Waals surface area contributed by atoms with Gasteiger partial charge in [-0.05, 0) is 42.3 Å². The number of fused-ring (bicyclic) bond motifs is 1. The summed E-state index contributed by atoms with van der Waals surface area (Å²) in [5.74, 6) is 1.56. The highest BCUT2D eigenvalue weighted by Crippen LogP contribution is 2.30. The second kappa shape index (κ2) is 5.95. The number of hydrogen-bond acceptors (Lipinski definition) is 4. The maximum absolute atomic E-state index is 5.84. The van der Waals surface area contributed by atoms with Crippen LogP contribution in [0.4, 0.5) is 11.4 Å². The molecule has 2 aromatic rings. The Labute approximate surface area is 125 Å². The number of nitrogen functional groups attached to an aromatic ring is 1. The molecule has 0 radical (unpaired) electrons. The van der Waals surface area contributed by atoms with Crippen LogP contribution in [0.2, 0.25) is 0 Å². The van der Waals surface area contributed by atoms with Crippen molar-refractivity contribution in [2.45, 2.75) is 6.42 Å². The van der Waals surface area contributed by atoms with Gasteiger partial charge in [0.1, 0.15) is 6.61 Å². The normalized spacial score (nSPS) is 13.1. The van der Waals surface area contributed by atoms with Crippen LogP contribution in [0, 0.1) is 0 Å². The van der Waals surface area contributed by atoms with Gasteiger partial charge in [0.25, 0.3) is 0 Å². The molecule has 0 atom stereocenters. The first-order valence-electron chi connectivity index (χ1n) is 7.17. The number of ether oxygens (including phenoxy) is 2. The molecule has 0 bridgehead atoms. The van der Waals surface area contributed by atoms with E-state index < -0.39 is 0 Å². The quantitative estimate of drug-likeness (QED) is 0.858. The van der Waals surface area contributed by atoms with Gasteiger partial charge in [-0.25, -0.2) is 0 Å². The van der Waals surface area contributed by atoms with E-state index in [2.05, 4.69) is 17.0 Å². The number of rotatable bonds is 5. The zero-order valence-electron chi connectivity index (χ0n) is 12.2. The molecule has 110 valence electrons. The number of benzene rings is 2. The van der Waals surface area contributed by atoms with Crippen LogP contribution < -0.4 is 20.1 Å². The second-order valence-electron chi connectivity index (χ2n) is 5.12. The molecule has 0 spiro atoms. The fourth-order valence-corrected chi connectivity index (χ4v) is 2.73. The predicted molar refractivity (Wildman–Crippen MR) is 85.3 cm³/mol. The number of para-hydroxylation sites is 2. The molecule has 0 aliphatic carbocycles. The van der Waals surface area contributed by atoms with Gasteiger partial charge in [0.05, 0.1) is 13.7 Å². The molecule has 1 aliphatic rings. The Morgan fingerprint density at radius 3 is 2.76 bits per heavy atom. The van der Waals surface area contributed by atoms with Crippen molar-refractivity contribution in [3.05, 3.63) is 48.0 Å². The van der Waals surface area contributed by atoms with Crippen molar-refractivity contribution in [3.63, 3.8) is 0 Å². The maximum Gasteiger partial charge on any atom is 0.161 e. The Bertz CT molecular complexity index is 628. The van der Waals surface area contributed by atoms with Crippen LogP contribution in [0.15, 0.2) is 42.5 Å². The summed E-state index contributed by atoms with van der Waals surface area (Å²) in [6, 6.07) is 13.8. The van der Waals surface area contributed by atoms with Gasteiger partial charge in [0, 0.05) is 17.9 Å². The van der Waals surface area contributed by atoms with Crippen molar-refractivity contribution >= 4 is 11.4 Å². The zero-order valence-corrected chi connectivity index (χ0v) is 12.2. The first-order valence-corrected chi connectivity index (χ1v) is 7.17. The summed E-state index contributed by atoms with van der Waals surface area (Å²) >= 11 is 0. The number of nitrogens with zero attached hydrogens (tertiary/aromatic N) is 1. The smallest absolute Gasteiger partial charge is 0.161 e. The molecule has 0 fully saturated rings. The lowest BCUT2D eigenvalue weighted by molar-refractivity contribution is 0.300. The van der Waals surface area contributed by atoms with Gasteiger partial charge >= 0.3 is 0 Å². The van der Waals surface area contributed by atoms with Crippen molar-refractivity contribution in [2.24, 2.45) is 0 Å². The van der Waals surface area contributed by atoms with Gasteiger partial charge in [-0.1, -0.05) is 12.1 Å². The summed E-state index contributed by atoms with van der Waals surface area (Å²) < 4.78 is 11.1. The molecule has 2 aromatic carbocycles. The Kier molecular flexibility index (Phi) is 3.86. The van der Waals surface area contributed by atoms with E-state index in [-0.39, 0.29) is 0 Å². The molecular weight excluding hydrogens is 264 g/mol. The first kappa shape index (κ1) is 13.6. The number of hydrogen-bond donors (Lipinski definition) is 1. The Morgan fingerprint density at radius 2 is 1.95 bits per heavy atom. The lowest BCUT2D eigenvalue weighted by Crippen LogP contribution is -2.26. The van der Waals surface area contributed by atoms with Crippen LogP contribution in [0.25, 0.3) is 0 Å². The second-order valence-corrected chi connectivity index (χ2v) is 5.12. The average Bonchev–Trinajstić information content (AvgIpc) is 2.90. The van der Waals surface area contributed by atoms with Gasteiger partial charge in [-0.3, -0.25) is 0 Å². The lowest BCUT2D eigenvalue weighted by Gasteiger charge is -2.20. The van der Waals surface area contributed by atoms with Crippen LogP contribution >= 0.6 is 0 Å². The molecule has 1 heterocycles. The summed E-state index contributed by atoms with van der Waals surface area (Å²) in [5.41, 5.74) is 9.26. The minimum Gasteiger partial charge on any atom is -0.493 e. The van der Waals surface area contributed by atoms with E-state index in [4.69, 9.17) is 15.2 Å². The van der Waals surface area contributed by atoms with Crippen molar-refractivity contribution in [1.82, 2.24) is 0 Å². The number of anilines is 2. The van der Waals surface area contributed by atoms with E-state index in [0.29, 0.717) is 6.61 Å². The summed E-state index contributed by atoms with van der Waals surface area (Å²) in [6.45, 7) is 2.51. The van der Waals surface area contributed by atoms with Crippen LogP contribution in [0.3, 0.4) is 0 Å². The largest absolute Gasteiger partial charge is 0.493 e. The minimum atomic E-state index is 0.629. The van der Waals surface area contributed by atoms with Crippen molar-refractivity contribution < 1.29 is 9.47 Å². The van der Waals surface area contributed by atoms with Crippen LogP contribution in [-0.2, 0) is 6.42 Å². The Balaban J connectivity index is 1.60. The molecule has 2 N–H and O–H groups in total. The van der Waals surface area contributed by atoms with E-state index >= 15 is 0 Å². The van der Waals surface area contributed by atoms with Crippen LogP contribution in [0.1, 0.15) is 5.56 Å². The number of methoxy groups -OCH3 is 1. The summed E-state index contributed by atoms with van der Waals surface area (Å²) in [7, 11) is 1.66. The van der Waals surface area contributed by atoms with Gasteiger partial charge in [-0.2, -0.15) is 0 Å². The van der Waals surface area contributed by atoms with Crippen LogP contribution in [0.5, 0.6) is 11.5 Å². The highest BCUT2D eigenvalue weighted by molar-refractivity contribution is 5.62. The topological polar surface area (TPSA) is 47.7 Å². The number of nitrogens with two attached hydrogens (primary N) is 1. The first-order chi connectivity index (χ1) is 10.3. The van der Waals surface area contributed by atoms with Gasteiger partial charge in [0.2, 0.25) is 0 Å². The molecule has 3 rings (SSSR count). The van der Waals surface area contributed by atoms with E-state index in [0.717, 1.165) is 36.7 Å². The van der Waals surface area contributed by atoms with E-state index in [1.165, 1.54) is 11.3 Å². The highest BCUT2D eigenvalue weighted by Gasteiger charge is 2.18. The summed E-state index contributed by atoms with van der Waals surface area (Å²) in [4.78, 5) is 2.34. The molecule has 0 unspecified atom stereocenters. The van der Waals surface area contributed by atoms with E-state index in [1.807, 2.05) is 30.3 Å². The third-order valence-corrected chi connectivity index (χ3v) is 3.78. The van der Waals surface area contributed by atoms with Crippen molar-refractivity contribution in [3.8, 4) is 11.5 Å². The molecule has 21 heavy (non-hydrogen) atoms. The lowest BCUT2D eigenvalue weighted by atomic mass is 10.1. The molecular formula is C17H20N2O2. The molecule has 1 aliphatic heterocycles. The summed E-state index contributed by atoms with van der Waals surface area (Å²) in [5, 5.41) is 0. The monoisotopic (exact) mass is 284 g/mol. The summed E-state index contributed by atoms with van der Waals surface area (Å²) in [6.07, 6.45) is 1.05. The molecule has 4 heteroatoms. The van der Waals surface area contributed by atoms with E-state index in [1.54, 1.807) is 7.11 Å². The fourth-order valence-electron chi connectivity index (χ4n) is 2.73. The van der Waals surface area contributed by atoms with E-state index in [9.17, 15) is 0 Å². The zero-order chi connectivity index (χ0) is 14.7. The molecule has 0 saturated carbocycles. The maximum atomic E-state index is 5.84. The third-order valence-electron chi connectivity index (χ3n) is 3.78. The molecule has 0 amide bonds. The average molecular weight is 284 g/mol. The predicted octanol–water partition coefficient (Wildman–Crippen LogP) is 2.72. The van der Waals surface area contributed by atoms with Crippen molar-refractivity contribution in [1.29, 1.82) is 0 Å². The fraction of sp³-hybridized carbons (Fsp3) is 0.294. The minimum absolute atomic E-state index is 0.629. The Hall–Kier alpha value is -2.36. The van der Waals surface area contributed by atoms with Gasteiger partial charge in [-0.15, -0.1) is 0 Å². The van der Waals surface area contributed by atoms with Gasteiger partial charge < -0.3 is 20.1 Å². The van der Waals surface area contributed by atoms with Crippen LogP contribution in [-0.4, -0.2) is 26.8 Å².